The van der Waals surface area contributed by atoms with E-state index in [1.54, 1.807) is 18.5 Å². The molecule has 3 aromatic rings. The third-order valence-electron chi connectivity index (χ3n) is 4.78. The van der Waals surface area contributed by atoms with E-state index in [1.807, 2.05) is 24.3 Å². The second-order valence-electron chi connectivity index (χ2n) is 6.53. The van der Waals surface area contributed by atoms with Crippen molar-refractivity contribution in [1.29, 1.82) is 0 Å². The van der Waals surface area contributed by atoms with Gasteiger partial charge in [-0.2, -0.15) is 15.3 Å². The summed E-state index contributed by atoms with van der Waals surface area (Å²) in [5.41, 5.74) is 4.24. The van der Waals surface area contributed by atoms with Crippen molar-refractivity contribution in [3.63, 3.8) is 0 Å². The van der Waals surface area contributed by atoms with Gasteiger partial charge in [-0.25, -0.2) is 0 Å². The molecule has 0 amide bonds. The molecule has 4 rings (SSSR count). The molecule has 0 aliphatic carbocycles. The molecule has 1 aliphatic heterocycles. The average Bonchev–Trinajstić information content (AvgIpc) is 3.18. The highest BCUT2D eigenvalue weighted by atomic mass is 16.3. The Kier molecular flexibility index (Phi) is 4.43. The number of aromatic nitrogens is 4. The van der Waals surface area contributed by atoms with Crippen molar-refractivity contribution in [3.05, 3.63) is 48.4 Å². The Morgan fingerprint density at radius 2 is 1.92 bits per heavy atom. The molecule has 2 aromatic heterocycles. The van der Waals surface area contributed by atoms with Crippen molar-refractivity contribution in [1.82, 2.24) is 25.7 Å². The highest BCUT2D eigenvalue weighted by molar-refractivity contribution is 5.73. The molecular formula is C19H21N5O. The van der Waals surface area contributed by atoms with E-state index >= 15 is 0 Å². The summed E-state index contributed by atoms with van der Waals surface area (Å²) in [6, 6.07) is 9.51. The highest BCUT2D eigenvalue weighted by Gasteiger charge is 2.15. The maximum atomic E-state index is 10.4. The average molecular weight is 335 g/mol. The summed E-state index contributed by atoms with van der Waals surface area (Å²) in [4.78, 5) is 0. The number of hydrogen-bond acceptors (Lipinski definition) is 5. The topological polar surface area (TPSA) is 86.7 Å². The molecule has 1 saturated heterocycles. The number of phenolic OH excluding ortho intramolecular Hbond substituents is 1. The molecule has 0 spiro atoms. The molecular weight excluding hydrogens is 314 g/mol. The highest BCUT2D eigenvalue weighted by Crippen LogP contribution is 2.32. The van der Waals surface area contributed by atoms with Gasteiger partial charge < -0.3 is 10.4 Å². The lowest BCUT2D eigenvalue weighted by molar-refractivity contribution is 0.369. The third-order valence-corrected chi connectivity index (χ3v) is 4.78. The molecule has 1 aromatic carbocycles. The van der Waals surface area contributed by atoms with Crippen LogP contribution in [0.3, 0.4) is 0 Å². The van der Waals surface area contributed by atoms with Crippen LogP contribution in [0.5, 0.6) is 5.75 Å². The zero-order chi connectivity index (χ0) is 17.1. The van der Waals surface area contributed by atoms with Crippen molar-refractivity contribution in [2.45, 2.75) is 19.3 Å². The Morgan fingerprint density at radius 1 is 1.04 bits per heavy atom. The lowest BCUT2D eigenvalue weighted by Gasteiger charge is -2.21. The van der Waals surface area contributed by atoms with E-state index in [1.165, 1.54) is 12.8 Å². The SMILES string of the molecule is Oc1cc(-c2cn[nH]c2)ccc1-c1ccc(CC2CCNCC2)nn1. The summed E-state index contributed by atoms with van der Waals surface area (Å²) in [6.07, 6.45) is 6.88. The summed E-state index contributed by atoms with van der Waals surface area (Å²) in [6.45, 7) is 2.18. The minimum atomic E-state index is 0.194. The van der Waals surface area contributed by atoms with Crippen molar-refractivity contribution in [2.75, 3.05) is 13.1 Å². The van der Waals surface area contributed by atoms with Crippen LogP contribution in [0.4, 0.5) is 0 Å². The van der Waals surface area contributed by atoms with Gasteiger partial charge in [0, 0.05) is 17.3 Å². The Bertz CT molecular complexity index is 824. The fourth-order valence-electron chi connectivity index (χ4n) is 3.33. The molecule has 25 heavy (non-hydrogen) atoms. The Hall–Kier alpha value is -2.73. The van der Waals surface area contributed by atoms with Gasteiger partial charge in [-0.15, -0.1) is 0 Å². The minimum absolute atomic E-state index is 0.194. The third kappa shape index (κ3) is 3.53. The second kappa shape index (κ2) is 7.03. The molecule has 3 N–H and O–H groups in total. The molecule has 1 aliphatic rings. The van der Waals surface area contributed by atoms with Gasteiger partial charge >= 0.3 is 0 Å². The van der Waals surface area contributed by atoms with Gasteiger partial charge in [0.15, 0.2) is 0 Å². The van der Waals surface area contributed by atoms with Gasteiger partial charge in [-0.3, -0.25) is 5.10 Å². The molecule has 0 saturated carbocycles. The summed E-state index contributed by atoms with van der Waals surface area (Å²) in [7, 11) is 0. The van der Waals surface area contributed by atoms with E-state index in [9.17, 15) is 5.11 Å². The van der Waals surface area contributed by atoms with E-state index in [0.717, 1.165) is 36.3 Å². The van der Waals surface area contributed by atoms with Crippen LogP contribution in [-0.2, 0) is 6.42 Å². The number of H-pyrrole nitrogens is 1. The molecule has 3 heterocycles. The first kappa shape index (κ1) is 15.8. The minimum Gasteiger partial charge on any atom is -0.507 e. The lowest BCUT2D eigenvalue weighted by Crippen LogP contribution is -2.28. The molecule has 0 unspecified atom stereocenters. The largest absolute Gasteiger partial charge is 0.507 e. The maximum Gasteiger partial charge on any atom is 0.125 e. The van der Waals surface area contributed by atoms with Crippen LogP contribution in [-0.4, -0.2) is 38.6 Å². The fourth-order valence-corrected chi connectivity index (χ4v) is 3.33. The predicted octanol–water partition coefficient (Wildman–Crippen LogP) is 2.78. The lowest BCUT2D eigenvalue weighted by atomic mass is 9.93. The number of rotatable bonds is 4. The molecule has 128 valence electrons. The number of aromatic amines is 1. The number of nitrogens with one attached hydrogen (secondary N) is 2. The van der Waals surface area contributed by atoms with Crippen LogP contribution in [0.25, 0.3) is 22.4 Å². The molecule has 0 bridgehead atoms. The number of aromatic hydroxyl groups is 1. The standard InChI is InChI=1S/C19H21N5O/c25-19-10-14(15-11-21-22-12-15)1-3-17(19)18-4-2-16(23-24-18)9-13-5-7-20-8-6-13/h1-4,10-13,20,25H,5-9H2,(H,21,22). The summed E-state index contributed by atoms with van der Waals surface area (Å²) >= 11 is 0. The molecule has 1 fully saturated rings. The second-order valence-corrected chi connectivity index (χ2v) is 6.53. The smallest absolute Gasteiger partial charge is 0.125 e. The maximum absolute atomic E-state index is 10.4. The number of phenols is 1. The Balaban J connectivity index is 1.51. The van der Waals surface area contributed by atoms with Gasteiger partial charge in [0.25, 0.3) is 0 Å². The van der Waals surface area contributed by atoms with Gasteiger partial charge in [0.05, 0.1) is 17.6 Å². The number of piperidine rings is 1. The summed E-state index contributed by atoms with van der Waals surface area (Å²) in [5, 5.41) is 29.1. The quantitative estimate of drug-likeness (QED) is 0.682. The summed E-state index contributed by atoms with van der Waals surface area (Å²) in [5.74, 6) is 0.878. The van der Waals surface area contributed by atoms with Crippen LogP contribution >= 0.6 is 0 Å². The number of nitrogens with zero attached hydrogens (tertiary/aromatic N) is 3. The Labute approximate surface area is 146 Å². The van der Waals surface area contributed by atoms with E-state index in [2.05, 4.69) is 25.7 Å². The predicted molar refractivity (Wildman–Crippen MR) is 96.0 cm³/mol. The van der Waals surface area contributed by atoms with Crippen molar-refractivity contribution in [2.24, 2.45) is 5.92 Å². The first-order valence-electron chi connectivity index (χ1n) is 8.65. The fraction of sp³-hybridized carbons (Fsp3) is 0.316. The van der Waals surface area contributed by atoms with Crippen LogP contribution in [0.2, 0.25) is 0 Å². The van der Waals surface area contributed by atoms with Crippen molar-refractivity contribution >= 4 is 0 Å². The van der Waals surface area contributed by atoms with Gasteiger partial charge in [-0.05, 0) is 68.1 Å². The first-order valence-corrected chi connectivity index (χ1v) is 8.65. The van der Waals surface area contributed by atoms with Gasteiger partial charge in [0.2, 0.25) is 0 Å². The molecule has 0 atom stereocenters. The Morgan fingerprint density at radius 3 is 2.60 bits per heavy atom. The van der Waals surface area contributed by atoms with Gasteiger partial charge in [-0.1, -0.05) is 6.07 Å². The molecule has 6 heteroatoms. The van der Waals surface area contributed by atoms with E-state index < -0.39 is 0 Å². The summed E-state index contributed by atoms with van der Waals surface area (Å²) < 4.78 is 0. The van der Waals surface area contributed by atoms with Crippen molar-refractivity contribution in [3.8, 4) is 28.1 Å². The first-order chi connectivity index (χ1) is 12.3. The van der Waals surface area contributed by atoms with Crippen LogP contribution in [0.15, 0.2) is 42.7 Å². The zero-order valence-electron chi connectivity index (χ0n) is 13.9. The monoisotopic (exact) mass is 335 g/mol. The van der Waals surface area contributed by atoms with Gasteiger partial charge in [0.1, 0.15) is 5.75 Å². The van der Waals surface area contributed by atoms with Crippen LogP contribution in [0.1, 0.15) is 18.5 Å². The zero-order valence-corrected chi connectivity index (χ0v) is 13.9. The number of hydrogen-bond donors (Lipinski definition) is 3. The van der Waals surface area contributed by atoms with E-state index in [-0.39, 0.29) is 5.75 Å². The molecule has 0 radical (unpaired) electrons. The van der Waals surface area contributed by atoms with Crippen LogP contribution < -0.4 is 5.32 Å². The molecule has 6 nitrogen and oxygen atoms in total. The normalized spacial score (nSPS) is 15.4. The number of benzene rings is 1. The van der Waals surface area contributed by atoms with Crippen molar-refractivity contribution < 1.29 is 5.11 Å². The van der Waals surface area contributed by atoms with E-state index in [0.29, 0.717) is 17.2 Å². The van der Waals surface area contributed by atoms with E-state index in [4.69, 9.17) is 0 Å². The van der Waals surface area contributed by atoms with Crippen LogP contribution in [0, 0.1) is 5.92 Å².